The van der Waals surface area contributed by atoms with Gasteiger partial charge >= 0.3 is 0 Å². The smallest absolute Gasteiger partial charge is 0.153 e. The number of aromatic nitrogens is 1. The molecule has 0 amide bonds. The van der Waals surface area contributed by atoms with E-state index >= 15 is 0 Å². The number of aromatic hydroxyl groups is 1. The Hall–Kier alpha value is -3.27. The van der Waals surface area contributed by atoms with Gasteiger partial charge in [-0.3, -0.25) is 0 Å². The van der Waals surface area contributed by atoms with E-state index in [4.69, 9.17) is 21.8 Å². The summed E-state index contributed by atoms with van der Waals surface area (Å²) in [6.07, 6.45) is 0. The minimum Gasteiger partial charge on any atom is -0.506 e. The van der Waals surface area contributed by atoms with Crippen molar-refractivity contribution in [3.8, 4) is 22.9 Å². The van der Waals surface area contributed by atoms with Crippen LogP contribution in [0, 0.1) is 11.3 Å². The maximum absolute atomic E-state index is 10.6. The lowest BCUT2D eigenvalue weighted by atomic mass is 9.99. The predicted octanol–water partition coefficient (Wildman–Crippen LogP) is 6.84. The van der Waals surface area contributed by atoms with Gasteiger partial charge in [0.15, 0.2) is 5.82 Å². The number of hydrogen-bond donors (Lipinski definition) is 2. The van der Waals surface area contributed by atoms with Crippen LogP contribution in [0.25, 0.3) is 21.3 Å². The minimum atomic E-state index is 0.0482. The number of phenolic OH excluding ortho intramolecular Hbond substituents is 1. The largest absolute Gasteiger partial charge is 0.506 e. The van der Waals surface area contributed by atoms with E-state index in [1.54, 1.807) is 23.5 Å². The molecule has 0 spiro atoms. The molecule has 3 heterocycles. The van der Waals surface area contributed by atoms with Gasteiger partial charge in [-0.1, -0.05) is 43.6 Å². The van der Waals surface area contributed by atoms with E-state index < -0.39 is 0 Å². The molecule has 1 aliphatic rings. The van der Waals surface area contributed by atoms with Crippen LogP contribution in [-0.2, 0) is 0 Å². The van der Waals surface area contributed by atoms with E-state index in [-0.39, 0.29) is 5.75 Å². The second kappa shape index (κ2) is 7.45. The monoisotopic (exact) mass is 446 g/mol. The average molecular weight is 447 g/mol. The molecule has 0 saturated heterocycles. The molecule has 31 heavy (non-hydrogen) atoms. The Kier molecular flexibility index (Phi) is 4.73. The summed E-state index contributed by atoms with van der Waals surface area (Å²) in [6, 6.07) is 17.0. The Morgan fingerprint density at radius 3 is 2.74 bits per heavy atom. The zero-order valence-corrected chi connectivity index (χ0v) is 18.6. The maximum atomic E-state index is 10.6. The fourth-order valence-corrected chi connectivity index (χ4v) is 5.20. The zero-order valence-electron chi connectivity index (χ0n) is 17.0. The van der Waals surface area contributed by atoms with E-state index in [0.29, 0.717) is 28.9 Å². The molecular formula is C24H19ClN4OS. The molecule has 0 saturated carbocycles. The molecule has 5 nitrogen and oxygen atoms in total. The Morgan fingerprint density at radius 1 is 1.23 bits per heavy atom. The van der Waals surface area contributed by atoms with Crippen LogP contribution in [0.5, 0.6) is 5.75 Å². The summed E-state index contributed by atoms with van der Waals surface area (Å²) in [5.41, 5.74) is 3.80. The number of phenols is 1. The zero-order chi connectivity index (χ0) is 21.7. The first-order chi connectivity index (χ1) is 15.0. The van der Waals surface area contributed by atoms with E-state index in [0.717, 1.165) is 32.8 Å². The molecule has 2 aromatic heterocycles. The fraction of sp³-hybridized carbons (Fsp3) is 0.167. The standard InChI is InChI=1S/C24H19ClN4OS/c1-13(2)20-10-16-21(15-5-3-4-6-17(15)25)22-23(28-24(16)31-20)27-12-29(22)18-8-7-14(11-26)9-19(18)30/h3-10,13,30H,12H2,1-2H3,(H,27,28). The van der Waals surface area contributed by atoms with Gasteiger partial charge in [-0.15, -0.1) is 11.3 Å². The van der Waals surface area contributed by atoms with Crippen molar-refractivity contribution in [1.29, 1.82) is 5.26 Å². The molecule has 0 radical (unpaired) electrons. The number of nitrogens with zero attached hydrogens (tertiary/aromatic N) is 3. The van der Waals surface area contributed by atoms with Crippen LogP contribution in [0.15, 0.2) is 48.5 Å². The average Bonchev–Trinajstić information content (AvgIpc) is 3.37. The quantitative estimate of drug-likeness (QED) is 0.360. The number of fused-ring (bicyclic) bond motifs is 2. The number of rotatable bonds is 3. The molecule has 0 fully saturated rings. The fourth-order valence-electron chi connectivity index (χ4n) is 3.93. The summed E-state index contributed by atoms with van der Waals surface area (Å²) in [5.74, 6) is 1.19. The lowest BCUT2D eigenvalue weighted by Gasteiger charge is -2.22. The first kappa shape index (κ1) is 19.7. The highest BCUT2D eigenvalue weighted by molar-refractivity contribution is 7.18. The van der Waals surface area contributed by atoms with Gasteiger partial charge in [0, 0.05) is 26.4 Å². The van der Waals surface area contributed by atoms with Crippen molar-refractivity contribution in [3.05, 3.63) is 64.0 Å². The number of halogens is 1. The van der Waals surface area contributed by atoms with Crippen LogP contribution in [0.3, 0.4) is 0 Å². The topological polar surface area (TPSA) is 72.2 Å². The van der Waals surface area contributed by atoms with Gasteiger partial charge in [0.25, 0.3) is 0 Å². The van der Waals surface area contributed by atoms with E-state index in [9.17, 15) is 5.11 Å². The molecule has 7 heteroatoms. The number of benzene rings is 2. The Labute approximate surface area is 189 Å². The van der Waals surface area contributed by atoms with Gasteiger partial charge in [0.2, 0.25) is 0 Å². The van der Waals surface area contributed by atoms with Gasteiger partial charge in [0.05, 0.1) is 29.7 Å². The van der Waals surface area contributed by atoms with Gasteiger partial charge in [0.1, 0.15) is 10.6 Å². The third-order valence-electron chi connectivity index (χ3n) is 5.46. The molecule has 0 bridgehead atoms. The lowest BCUT2D eigenvalue weighted by Crippen LogP contribution is -2.17. The summed E-state index contributed by atoms with van der Waals surface area (Å²) < 4.78 is 0. The van der Waals surface area contributed by atoms with Crippen molar-refractivity contribution >= 4 is 50.3 Å². The Balaban J connectivity index is 1.82. The molecule has 0 aliphatic carbocycles. The normalized spacial score (nSPS) is 12.8. The number of hydrogen-bond acceptors (Lipinski definition) is 6. The third-order valence-corrected chi connectivity index (χ3v) is 7.12. The number of anilines is 3. The highest BCUT2D eigenvalue weighted by Crippen LogP contribution is 2.51. The molecular weight excluding hydrogens is 428 g/mol. The van der Waals surface area contributed by atoms with Crippen LogP contribution in [0.4, 0.5) is 17.2 Å². The molecule has 2 N–H and O–H groups in total. The summed E-state index contributed by atoms with van der Waals surface area (Å²) in [7, 11) is 0. The first-order valence-corrected chi connectivity index (χ1v) is 11.1. The van der Waals surface area contributed by atoms with Gasteiger partial charge in [-0.2, -0.15) is 5.26 Å². The second-order valence-corrected chi connectivity index (χ2v) is 9.23. The van der Waals surface area contributed by atoms with Crippen molar-refractivity contribution in [3.63, 3.8) is 0 Å². The van der Waals surface area contributed by atoms with Gasteiger partial charge < -0.3 is 15.3 Å². The van der Waals surface area contributed by atoms with E-state index in [1.807, 2.05) is 29.2 Å². The van der Waals surface area contributed by atoms with Crippen LogP contribution in [0.1, 0.15) is 30.2 Å². The van der Waals surface area contributed by atoms with Crippen molar-refractivity contribution in [1.82, 2.24) is 4.98 Å². The van der Waals surface area contributed by atoms with Gasteiger partial charge in [-0.05, 0) is 36.2 Å². The summed E-state index contributed by atoms with van der Waals surface area (Å²) in [5, 5.41) is 24.9. The molecule has 1 aliphatic heterocycles. The van der Waals surface area contributed by atoms with Crippen LogP contribution in [-0.4, -0.2) is 16.8 Å². The summed E-state index contributed by atoms with van der Waals surface area (Å²) >= 11 is 8.35. The van der Waals surface area contributed by atoms with Gasteiger partial charge in [-0.25, -0.2) is 4.98 Å². The number of thiophene rings is 1. The minimum absolute atomic E-state index is 0.0482. The summed E-state index contributed by atoms with van der Waals surface area (Å²) in [4.78, 5) is 9.10. The van der Waals surface area contributed by atoms with Crippen molar-refractivity contribution in [2.45, 2.75) is 19.8 Å². The van der Waals surface area contributed by atoms with Crippen LogP contribution in [0.2, 0.25) is 5.02 Å². The predicted molar refractivity (Wildman–Crippen MR) is 128 cm³/mol. The molecule has 0 atom stereocenters. The number of pyridine rings is 1. The first-order valence-electron chi connectivity index (χ1n) is 9.94. The van der Waals surface area contributed by atoms with Crippen LogP contribution >= 0.6 is 22.9 Å². The molecule has 5 rings (SSSR count). The highest BCUT2D eigenvalue weighted by Gasteiger charge is 2.30. The van der Waals surface area contributed by atoms with E-state index in [2.05, 4.69) is 31.3 Å². The number of nitriles is 1. The SMILES string of the molecule is CC(C)c1cc2c(-c3ccccc3Cl)c3c(nc2s1)NCN3c1ccc(C#N)cc1O. The van der Waals surface area contributed by atoms with Crippen molar-refractivity contribution in [2.75, 3.05) is 16.9 Å². The molecule has 154 valence electrons. The third kappa shape index (κ3) is 3.18. The Bertz CT molecular complexity index is 1370. The van der Waals surface area contributed by atoms with Crippen molar-refractivity contribution < 1.29 is 5.11 Å². The molecule has 4 aromatic rings. The van der Waals surface area contributed by atoms with Crippen molar-refractivity contribution in [2.24, 2.45) is 0 Å². The molecule has 0 unspecified atom stereocenters. The van der Waals surface area contributed by atoms with E-state index in [1.165, 1.54) is 10.9 Å². The highest BCUT2D eigenvalue weighted by atomic mass is 35.5. The maximum Gasteiger partial charge on any atom is 0.153 e. The second-order valence-electron chi connectivity index (χ2n) is 7.76. The molecule has 2 aromatic carbocycles. The Morgan fingerprint density at radius 2 is 2.03 bits per heavy atom. The summed E-state index contributed by atoms with van der Waals surface area (Å²) in [6.45, 7) is 4.80. The number of nitrogens with one attached hydrogen (secondary N) is 1. The lowest BCUT2D eigenvalue weighted by molar-refractivity contribution is 0.475. The van der Waals surface area contributed by atoms with Crippen LogP contribution < -0.4 is 10.2 Å².